The summed E-state index contributed by atoms with van der Waals surface area (Å²) in [6.45, 7) is 0. The number of benzene rings is 2. The van der Waals surface area contributed by atoms with E-state index in [-0.39, 0.29) is 10.3 Å². The summed E-state index contributed by atoms with van der Waals surface area (Å²) in [7, 11) is 1.62. The van der Waals surface area contributed by atoms with Crippen LogP contribution in [0.25, 0.3) is 6.08 Å². The van der Waals surface area contributed by atoms with Gasteiger partial charge in [0.05, 0.1) is 12.8 Å². The molecule has 5 nitrogen and oxygen atoms in total. The number of ether oxygens (including phenoxy) is 1. The van der Waals surface area contributed by atoms with Crippen LogP contribution >= 0.6 is 12.2 Å². The van der Waals surface area contributed by atoms with Crippen LogP contribution in [0.2, 0.25) is 0 Å². The Morgan fingerprint density at radius 1 is 1.08 bits per heavy atom. The SMILES string of the molecule is COc1ccc(C(/C=C/c2ccccc2)=N/c2cc(=O)[nH]c(=S)[nH]2)cc1. The first-order valence-electron chi connectivity index (χ1n) is 7.94. The van der Waals surface area contributed by atoms with Crippen molar-refractivity contribution >= 4 is 29.8 Å². The number of aromatic amines is 2. The molecule has 130 valence electrons. The van der Waals surface area contributed by atoms with E-state index >= 15 is 0 Å². The Hall–Kier alpha value is -3.25. The van der Waals surface area contributed by atoms with E-state index in [2.05, 4.69) is 15.0 Å². The second-order valence-electron chi connectivity index (χ2n) is 5.44. The van der Waals surface area contributed by atoms with E-state index in [0.717, 1.165) is 16.9 Å². The van der Waals surface area contributed by atoms with Gasteiger partial charge < -0.3 is 9.72 Å². The average Bonchev–Trinajstić information content (AvgIpc) is 2.65. The summed E-state index contributed by atoms with van der Waals surface area (Å²) in [5.41, 5.74) is 2.33. The molecule has 6 heteroatoms. The number of aliphatic imine (C=N–C) groups is 1. The Morgan fingerprint density at radius 2 is 1.81 bits per heavy atom. The van der Waals surface area contributed by atoms with Crippen LogP contribution in [0, 0.1) is 4.77 Å². The van der Waals surface area contributed by atoms with E-state index in [1.165, 1.54) is 6.07 Å². The van der Waals surface area contributed by atoms with Gasteiger partial charge in [-0.2, -0.15) is 0 Å². The van der Waals surface area contributed by atoms with Crippen molar-refractivity contribution in [3.63, 3.8) is 0 Å². The van der Waals surface area contributed by atoms with Crippen molar-refractivity contribution in [3.8, 4) is 5.75 Å². The highest BCUT2D eigenvalue weighted by molar-refractivity contribution is 7.71. The van der Waals surface area contributed by atoms with Gasteiger partial charge in [0.1, 0.15) is 11.6 Å². The summed E-state index contributed by atoms with van der Waals surface area (Å²) in [5.74, 6) is 1.15. The van der Waals surface area contributed by atoms with Crippen LogP contribution in [0.4, 0.5) is 5.82 Å². The molecule has 0 bridgehead atoms. The molecule has 0 spiro atoms. The zero-order valence-corrected chi connectivity index (χ0v) is 14.9. The maximum atomic E-state index is 11.6. The number of hydrogen-bond donors (Lipinski definition) is 2. The van der Waals surface area contributed by atoms with Crippen LogP contribution < -0.4 is 10.3 Å². The van der Waals surface area contributed by atoms with Gasteiger partial charge in [-0.15, -0.1) is 0 Å². The van der Waals surface area contributed by atoms with Crippen molar-refractivity contribution in [2.24, 2.45) is 4.99 Å². The fraction of sp³-hybridized carbons (Fsp3) is 0.0500. The number of hydrogen-bond acceptors (Lipinski definition) is 4. The predicted molar refractivity (Wildman–Crippen MR) is 107 cm³/mol. The monoisotopic (exact) mass is 363 g/mol. The molecule has 0 radical (unpaired) electrons. The molecule has 1 aromatic heterocycles. The number of nitrogens with one attached hydrogen (secondary N) is 2. The molecule has 1 heterocycles. The van der Waals surface area contributed by atoms with Gasteiger partial charge in [0.25, 0.3) is 5.56 Å². The van der Waals surface area contributed by atoms with E-state index in [1.54, 1.807) is 7.11 Å². The maximum absolute atomic E-state index is 11.6. The van der Waals surface area contributed by atoms with Gasteiger partial charge >= 0.3 is 0 Å². The van der Waals surface area contributed by atoms with Crippen molar-refractivity contribution in [1.82, 2.24) is 9.97 Å². The Bertz CT molecular complexity index is 1020. The molecule has 0 aliphatic carbocycles. The molecule has 0 saturated carbocycles. The normalized spacial score (nSPS) is 11.7. The van der Waals surface area contributed by atoms with E-state index in [9.17, 15) is 4.79 Å². The minimum atomic E-state index is -0.298. The van der Waals surface area contributed by atoms with Crippen molar-refractivity contribution in [2.45, 2.75) is 0 Å². The van der Waals surface area contributed by atoms with E-state index in [4.69, 9.17) is 17.0 Å². The van der Waals surface area contributed by atoms with Crippen LogP contribution in [-0.2, 0) is 0 Å². The smallest absolute Gasteiger partial charge is 0.253 e. The molecule has 0 amide bonds. The number of allylic oxidation sites excluding steroid dienone is 1. The molecule has 0 aliphatic rings. The number of aromatic nitrogens is 2. The second-order valence-corrected chi connectivity index (χ2v) is 5.85. The third kappa shape index (κ3) is 4.64. The lowest BCUT2D eigenvalue weighted by Crippen LogP contribution is -2.05. The standard InChI is InChI=1S/C20H17N3O2S/c1-25-16-10-8-15(9-11-16)17(12-7-14-5-3-2-4-6-14)21-18-13-19(24)23-20(26)22-18/h2-13H,1H3,(H2,22,23,24,26)/b12-7+,21-17+. The number of methoxy groups -OCH3 is 1. The minimum absolute atomic E-state index is 0.234. The topological polar surface area (TPSA) is 70.2 Å². The van der Waals surface area contributed by atoms with Crippen LogP contribution in [0.5, 0.6) is 5.75 Å². The first-order chi connectivity index (χ1) is 12.6. The minimum Gasteiger partial charge on any atom is -0.497 e. The van der Waals surface area contributed by atoms with Gasteiger partial charge in [-0.25, -0.2) is 4.99 Å². The Kier molecular flexibility index (Phi) is 5.56. The fourth-order valence-electron chi connectivity index (χ4n) is 2.34. The molecule has 3 aromatic rings. The first kappa shape index (κ1) is 17.6. The molecular weight excluding hydrogens is 346 g/mol. The number of nitrogens with zero attached hydrogens (tertiary/aromatic N) is 1. The molecule has 0 saturated heterocycles. The van der Waals surface area contributed by atoms with Crippen molar-refractivity contribution < 1.29 is 4.74 Å². The molecule has 3 rings (SSSR count). The molecule has 0 fully saturated rings. The van der Waals surface area contributed by atoms with Gasteiger partial charge in [0, 0.05) is 11.6 Å². The zero-order valence-electron chi connectivity index (χ0n) is 14.1. The molecular formula is C20H17N3O2S. The summed E-state index contributed by atoms with van der Waals surface area (Å²) >= 11 is 5.02. The summed E-state index contributed by atoms with van der Waals surface area (Å²) in [6.07, 6.45) is 3.86. The summed E-state index contributed by atoms with van der Waals surface area (Å²) in [5, 5.41) is 0. The number of H-pyrrole nitrogens is 2. The van der Waals surface area contributed by atoms with Gasteiger partial charge in [0.15, 0.2) is 4.77 Å². The molecule has 0 aliphatic heterocycles. The lowest BCUT2D eigenvalue weighted by atomic mass is 10.1. The fourth-order valence-corrected chi connectivity index (χ4v) is 2.55. The molecule has 2 N–H and O–H groups in total. The molecule has 2 aromatic carbocycles. The average molecular weight is 363 g/mol. The maximum Gasteiger partial charge on any atom is 0.253 e. The Balaban J connectivity index is 2.05. The van der Waals surface area contributed by atoms with Gasteiger partial charge in [0.2, 0.25) is 0 Å². The van der Waals surface area contributed by atoms with Crippen LogP contribution in [0.15, 0.2) is 76.5 Å². The highest BCUT2D eigenvalue weighted by Gasteiger charge is 2.03. The van der Waals surface area contributed by atoms with Gasteiger partial charge in [-0.3, -0.25) is 9.78 Å². The van der Waals surface area contributed by atoms with Crippen molar-refractivity contribution in [2.75, 3.05) is 7.11 Å². The van der Waals surface area contributed by atoms with Crippen molar-refractivity contribution in [1.29, 1.82) is 0 Å². The van der Waals surface area contributed by atoms with Crippen LogP contribution in [0.3, 0.4) is 0 Å². The predicted octanol–water partition coefficient (Wildman–Crippen LogP) is 4.28. The third-order valence-electron chi connectivity index (χ3n) is 3.61. The Labute approximate surface area is 155 Å². The number of rotatable bonds is 5. The highest BCUT2D eigenvalue weighted by atomic mass is 32.1. The van der Waals surface area contributed by atoms with Crippen molar-refractivity contribution in [3.05, 3.63) is 93.0 Å². The quantitative estimate of drug-likeness (QED) is 0.525. The van der Waals surface area contributed by atoms with E-state index in [1.807, 2.05) is 66.7 Å². The highest BCUT2D eigenvalue weighted by Crippen LogP contribution is 2.16. The van der Waals surface area contributed by atoms with Gasteiger partial charge in [-0.05, 0) is 48.1 Å². The van der Waals surface area contributed by atoms with E-state index in [0.29, 0.717) is 11.5 Å². The molecule has 0 atom stereocenters. The first-order valence-corrected chi connectivity index (χ1v) is 8.35. The van der Waals surface area contributed by atoms with Crippen LogP contribution in [-0.4, -0.2) is 22.8 Å². The zero-order chi connectivity index (χ0) is 18.4. The third-order valence-corrected chi connectivity index (χ3v) is 3.81. The molecule has 0 unspecified atom stereocenters. The lowest BCUT2D eigenvalue weighted by molar-refractivity contribution is 0.415. The lowest BCUT2D eigenvalue weighted by Gasteiger charge is -2.05. The van der Waals surface area contributed by atoms with E-state index < -0.39 is 0 Å². The van der Waals surface area contributed by atoms with Crippen LogP contribution in [0.1, 0.15) is 11.1 Å². The van der Waals surface area contributed by atoms with Gasteiger partial charge in [-0.1, -0.05) is 36.4 Å². The summed E-state index contributed by atoms with van der Waals surface area (Å²) in [4.78, 5) is 21.6. The summed E-state index contributed by atoms with van der Waals surface area (Å²) < 4.78 is 5.44. The largest absolute Gasteiger partial charge is 0.497 e. The summed E-state index contributed by atoms with van der Waals surface area (Å²) in [6, 6.07) is 18.8. The second kappa shape index (κ2) is 8.22. The Morgan fingerprint density at radius 3 is 2.46 bits per heavy atom. The molecule has 26 heavy (non-hydrogen) atoms.